The highest BCUT2D eigenvalue weighted by atomic mass is 16.2. The van der Waals surface area contributed by atoms with Crippen molar-refractivity contribution in [2.24, 2.45) is 12.8 Å². The molecule has 1 aliphatic rings. The van der Waals surface area contributed by atoms with Crippen LogP contribution in [-0.4, -0.2) is 59.4 Å². The van der Waals surface area contributed by atoms with E-state index >= 15 is 0 Å². The molecule has 114 valence electrons. The van der Waals surface area contributed by atoms with Crippen LogP contribution in [0.2, 0.25) is 0 Å². The van der Waals surface area contributed by atoms with E-state index in [1.165, 1.54) is 0 Å². The van der Waals surface area contributed by atoms with Gasteiger partial charge in [0.15, 0.2) is 0 Å². The zero-order valence-electron chi connectivity index (χ0n) is 11.8. The molecule has 2 rings (SSSR count). The molecule has 1 aliphatic heterocycles. The Kier molecular flexibility index (Phi) is 4.71. The fraction of sp³-hybridized carbons (Fsp3) is 0.462. The Balaban J connectivity index is 1.93. The highest BCUT2D eigenvalue weighted by Crippen LogP contribution is 2.03. The summed E-state index contributed by atoms with van der Waals surface area (Å²) in [4.78, 5) is 36.9. The summed E-state index contributed by atoms with van der Waals surface area (Å²) in [5.74, 6) is -1.39. The van der Waals surface area contributed by atoms with E-state index in [-0.39, 0.29) is 6.54 Å². The van der Waals surface area contributed by atoms with Crippen LogP contribution in [0.4, 0.5) is 0 Å². The molecule has 1 unspecified atom stereocenters. The van der Waals surface area contributed by atoms with Gasteiger partial charge in [-0.15, -0.1) is 0 Å². The van der Waals surface area contributed by atoms with Gasteiger partial charge in [0, 0.05) is 32.9 Å². The van der Waals surface area contributed by atoms with Crippen molar-refractivity contribution in [3.05, 3.63) is 24.0 Å². The molecule has 8 heteroatoms. The third kappa shape index (κ3) is 3.67. The lowest BCUT2D eigenvalue weighted by Crippen LogP contribution is -2.59. The van der Waals surface area contributed by atoms with E-state index in [1.54, 1.807) is 34.8 Å². The Labute approximate surface area is 122 Å². The third-order valence-corrected chi connectivity index (χ3v) is 3.46. The smallest absolute Gasteiger partial charge is 0.274 e. The van der Waals surface area contributed by atoms with Crippen molar-refractivity contribution in [3.63, 3.8) is 0 Å². The predicted molar refractivity (Wildman–Crippen MR) is 75.3 cm³/mol. The van der Waals surface area contributed by atoms with Crippen LogP contribution in [0.15, 0.2) is 18.3 Å². The van der Waals surface area contributed by atoms with Crippen molar-refractivity contribution in [1.82, 2.24) is 20.1 Å². The zero-order valence-corrected chi connectivity index (χ0v) is 11.8. The zero-order chi connectivity index (χ0) is 15.4. The minimum absolute atomic E-state index is 0.0363. The first-order valence-corrected chi connectivity index (χ1v) is 6.68. The van der Waals surface area contributed by atoms with Crippen molar-refractivity contribution >= 4 is 17.7 Å². The van der Waals surface area contributed by atoms with Crippen molar-refractivity contribution in [2.45, 2.75) is 6.04 Å². The average Bonchev–Trinajstić information content (AvgIpc) is 2.85. The second-order valence-corrected chi connectivity index (χ2v) is 4.97. The van der Waals surface area contributed by atoms with E-state index < -0.39 is 23.8 Å². The molecule has 0 saturated carbocycles. The van der Waals surface area contributed by atoms with Gasteiger partial charge in [-0.25, -0.2) is 0 Å². The summed E-state index contributed by atoms with van der Waals surface area (Å²) in [5.41, 5.74) is 5.71. The van der Waals surface area contributed by atoms with Crippen LogP contribution in [0.3, 0.4) is 0 Å². The number of piperazine rings is 1. The molecular formula is C13H19N5O3. The Hall–Kier alpha value is -2.19. The molecule has 0 aliphatic carbocycles. The van der Waals surface area contributed by atoms with Gasteiger partial charge in [-0.05, 0) is 12.1 Å². The SMILES string of the molecule is Cn1cccc1C(=O)NC(=O)CN1CCNCC1C(N)=O. The van der Waals surface area contributed by atoms with E-state index in [2.05, 4.69) is 10.6 Å². The maximum absolute atomic E-state index is 11.9. The molecular weight excluding hydrogens is 274 g/mol. The van der Waals surface area contributed by atoms with Crippen molar-refractivity contribution in [1.29, 1.82) is 0 Å². The monoisotopic (exact) mass is 293 g/mol. The normalized spacial score (nSPS) is 19.2. The molecule has 0 aromatic carbocycles. The Bertz CT molecular complexity index is 554. The largest absolute Gasteiger partial charge is 0.368 e. The van der Waals surface area contributed by atoms with Gasteiger partial charge < -0.3 is 15.6 Å². The number of nitrogens with one attached hydrogen (secondary N) is 2. The summed E-state index contributed by atoms with van der Waals surface area (Å²) >= 11 is 0. The highest BCUT2D eigenvalue weighted by molar-refractivity contribution is 6.04. The van der Waals surface area contributed by atoms with E-state index in [4.69, 9.17) is 5.73 Å². The number of hydrogen-bond acceptors (Lipinski definition) is 5. The molecule has 4 N–H and O–H groups in total. The molecule has 0 radical (unpaired) electrons. The third-order valence-electron chi connectivity index (χ3n) is 3.46. The highest BCUT2D eigenvalue weighted by Gasteiger charge is 2.28. The second-order valence-electron chi connectivity index (χ2n) is 4.97. The molecule has 2 heterocycles. The Morgan fingerprint density at radius 1 is 1.48 bits per heavy atom. The van der Waals surface area contributed by atoms with Gasteiger partial charge in [0.1, 0.15) is 11.7 Å². The molecule has 0 spiro atoms. The standard InChI is InChI=1S/C13H19N5O3/c1-17-5-2-3-9(17)13(21)16-11(19)8-18-6-4-15-7-10(18)12(14)20/h2-3,5,10,15H,4,6-8H2,1H3,(H2,14,20)(H,16,19,21). The van der Waals surface area contributed by atoms with Crippen LogP contribution in [-0.2, 0) is 16.6 Å². The number of carbonyl (C=O) groups is 3. The number of aromatic nitrogens is 1. The Morgan fingerprint density at radius 2 is 2.24 bits per heavy atom. The average molecular weight is 293 g/mol. The maximum Gasteiger partial charge on any atom is 0.274 e. The summed E-state index contributed by atoms with van der Waals surface area (Å²) < 4.78 is 1.62. The van der Waals surface area contributed by atoms with Crippen LogP contribution in [0.25, 0.3) is 0 Å². The van der Waals surface area contributed by atoms with Gasteiger partial charge in [-0.2, -0.15) is 0 Å². The first-order chi connectivity index (χ1) is 9.99. The first kappa shape index (κ1) is 15.2. The molecule has 8 nitrogen and oxygen atoms in total. The molecule has 1 fully saturated rings. The molecule has 21 heavy (non-hydrogen) atoms. The summed E-state index contributed by atoms with van der Waals surface area (Å²) in [6.45, 7) is 1.57. The fourth-order valence-corrected chi connectivity index (χ4v) is 2.33. The van der Waals surface area contributed by atoms with E-state index in [1.807, 2.05) is 0 Å². The van der Waals surface area contributed by atoms with Crippen LogP contribution >= 0.6 is 0 Å². The lowest BCUT2D eigenvalue weighted by Gasteiger charge is -2.33. The van der Waals surface area contributed by atoms with E-state index in [0.717, 1.165) is 0 Å². The Morgan fingerprint density at radius 3 is 2.86 bits per heavy atom. The van der Waals surface area contributed by atoms with Crippen molar-refractivity contribution in [3.8, 4) is 0 Å². The number of aryl methyl sites for hydroxylation is 1. The lowest BCUT2D eigenvalue weighted by molar-refractivity contribution is -0.127. The number of hydrogen-bond donors (Lipinski definition) is 3. The summed E-state index contributed by atoms with van der Waals surface area (Å²) in [5, 5.41) is 5.36. The van der Waals surface area contributed by atoms with Gasteiger partial charge in [0.05, 0.1) is 6.54 Å². The topological polar surface area (TPSA) is 109 Å². The number of rotatable bonds is 4. The number of primary amides is 1. The van der Waals surface area contributed by atoms with Crippen LogP contribution < -0.4 is 16.4 Å². The van der Waals surface area contributed by atoms with Crippen LogP contribution in [0.1, 0.15) is 10.5 Å². The predicted octanol–water partition coefficient (Wildman–Crippen LogP) is -1.96. The molecule has 1 saturated heterocycles. The number of nitrogens with two attached hydrogens (primary N) is 1. The first-order valence-electron chi connectivity index (χ1n) is 6.68. The minimum Gasteiger partial charge on any atom is -0.368 e. The summed E-state index contributed by atoms with van der Waals surface area (Å²) in [6.07, 6.45) is 1.72. The molecule has 1 aromatic rings. The quantitative estimate of drug-likeness (QED) is 0.597. The fourth-order valence-electron chi connectivity index (χ4n) is 2.33. The van der Waals surface area contributed by atoms with Gasteiger partial charge in [-0.1, -0.05) is 0 Å². The van der Waals surface area contributed by atoms with Crippen molar-refractivity contribution < 1.29 is 14.4 Å². The molecule has 1 atom stereocenters. The van der Waals surface area contributed by atoms with Gasteiger partial charge >= 0.3 is 0 Å². The number of carbonyl (C=O) groups excluding carboxylic acids is 3. The molecule has 3 amide bonds. The summed E-state index contributed by atoms with van der Waals surface area (Å²) in [6, 6.07) is 2.81. The summed E-state index contributed by atoms with van der Waals surface area (Å²) in [7, 11) is 1.72. The number of nitrogens with zero attached hydrogens (tertiary/aromatic N) is 2. The molecule has 0 bridgehead atoms. The van der Waals surface area contributed by atoms with E-state index in [0.29, 0.717) is 25.3 Å². The second kappa shape index (κ2) is 6.51. The van der Waals surface area contributed by atoms with Crippen molar-refractivity contribution in [2.75, 3.05) is 26.2 Å². The minimum atomic E-state index is -0.533. The maximum atomic E-state index is 11.9. The number of amides is 3. The number of imide groups is 1. The van der Waals surface area contributed by atoms with Gasteiger partial charge in [-0.3, -0.25) is 24.6 Å². The van der Waals surface area contributed by atoms with Crippen LogP contribution in [0.5, 0.6) is 0 Å². The van der Waals surface area contributed by atoms with E-state index in [9.17, 15) is 14.4 Å². The lowest BCUT2D eigenvalue weighted by atomic mass is 10.2. The van der Waals surface area contributed by atoms with Gasteiger partial charge in [0.2, 0.25) is 11.8 Å². The van der Waals surface area contributed by atoms with Gasteiger partial charge in [0.25, 0.3) is 5.91 Å². The van der Waals surface area contributed by atoms with Crippen LogP contribution in [0, 0.1) is 0 Å². The molecule has 1 aromatic heterocycles.